The Morgan fingerprint density at radius 1 is 1.47 bits per heavy atom. The van der Waals surface area contributed by atoms with Crippen LogP contribution in [0.4, 0.5) is 5.82 Å². The van der Waals surface area contributed by atoms with E-state index in [9.17, 15) is 10.1 Å². The Morgan fingerprint density at radius 2 is 1.94 bits per heavy atom. The highest BCUT2D eigenvalue weighted by Gasteiger charge is 2.25. The van der Waals surface area contributed by atoms with E-state index in [1.807, 2.05) is 0 Å². The molecule has 0 aliphatic carbocycles. The van der Waals surface area contributed by atoms with Gasteiger partial charge in [0, 0.05) is 6.92 Å². The molecule has 1 aromatic heterocycles. The Kier molecular flexibility index (Phi) is 5.95. The lowest BCUT2D eigenvalue weighted by molar-refractivity contribution is -2.00. The fraction of sp³-hybridized carbons (Fsp3) is 0.500. The summed E-state index contributed by atoms with van der Waals surface area (Å²) in [6.45, 7) is 1.85. The number of aliphatic hydroxyl groups is 1. The maximum Gasteiger partial charge on any atom is 0.519 e. The molecule has 0 spiro atoms. The first-order valence-corrected chi connectivity index (χ1v) is 5.35. The minimum atomic E-state index is -4.94. The summed E-state index contributed by atoms with van der Waals surface area (Å²) in [5.41, 5.74) is 0. The molecule has 0 aromatic carbocycles. The van der Waals surface area contributed by atoms with Crippen LogP contribution in [0.1, 0.15) is 5.82 Å². The highest BCUT2D eigenvalue weighted by Crippen LogP contribution is 2.02. The first-order valence-electron chi connectivity index (χ1n) is 4.11. The molecule has 1 heterocycles. The number of nitro groups is 1. The Labute approximate surface area is 97.3 Å². The van der Waals surface area contributed by atoms with E-state index >= 15 is 0 Å². The average Bonchev–Trinajstić information content (AvgIpc) is 2.46. The summed E-state index contributed by atoms with van der Waals surface area (Å²) < 4.78 is 35.4. The Morgan fingerprint density at radius 3 is 2.29 bits per heavy atom. The van der Waals surface area contributed by atoms with Gasteiger partial charge in [-0.2, -0.15) is 0 Å². The third kappa shape index (κ3) is 6.78. The van der Waals surface area contributed by atoms with E-state index in [4.69, 9.17) is 23.7 Å². The maximum atomic E-state index is 10.4. The molecule has 0 amide bonds. The fourth-order valence-electron chi connectivity index (χ4n) is 1.03. The molecule has 0 bridgehead atoms. The number of aromatic nitrogens is 2. The van der Waals surface area contributed by atoms with Crippen LogP contribution in [0, 0.1) is 27.3 Å². The number of aromatic amines is 1. The van der Waals surface area contributed by atoms with Crippen molar-refractivity contribution in [3.05, 3.63) is 22.1 Å². The second-order valence-corrected chi connectivity index (χ2v) is 3.50. The normalized spacial score (nSPS) is 10.7. The maximum absolute atomic E-state index is 10.4. The first kappa shape index (κ1) is 15.7. The summed E-state index contributed by atoms with van der Waals surface area (Å²) in [5.74, 6) is 0.636. The Hall–Kier alpha value is -1.30. The number of rotatable bonds is 3. The van der Waals surface area contributed by atoms with Gasteiger partial charge in [0.1, 0.15) is 11.5 Å². The average molecular weight is 272 g/mol. The zero-order valence-corrected chi connectivity index (χ0v) is 9.42. The molecule has 10 nitrogen and oxygen atoms in total. The number of aryl methyl sites for hydroxylation is 1. The van der Waals surface area contributed by atoms with Crippen LogP contribution < -0.4 is 23.2 Å². The van der Waals surface area contributed by atoms with Gasteiger partial charge < -0.3 is 10.1 Å². The molecule has 0 saturated heterocycles. The zero-order valence-electron chi connectivity index (χ0n) is 8.66. The van der Waals surface area contributed by atoms with Crippen LogP contribution in [0.2, 0.25) is 0 Å². The molecular weight excluding hydrogens is 262 g/mol. The van der Waals surface area contributed by atoms with Crippen molar-refractivity contribution < 1.29 is 43.5 Å². The number of aliphatic hydroxyl groups excluding tert-OH is 1. The third-order valence-electron chi connectivity index (χ3n) is 1.60. The monoisotopic (exact) mass is 271 g/mol. The lowest BCUT2D eigenvalue weighted by Gasteiger charge is -2.17. The van der Waals surface area contributed by atoms with Gasteiger partial charge in [-0.1, -0.05) is 0 Å². The van der Waals surface area contributed by atoms with Crippen LogP contribution in [-0.2, 0) is 6.54 Å². The molecule has 1 aromatic rings. The summed E-state index contributed by atoms with van der Waals surface area (Å²) >= 11 is 0. The number of halogens is 1. The highest BCUT2D eigenvalue weighted by molar-refractivity contribution is 5.04. The number of nitrogens with one attached hydrogen (secondary N) is 1. The summed E-state index contributed by atoms with van der Waals surface area (Å²) in [6, 6.07) is 0. The molecule has 0 saturated carbocycles. The van der Waals surface area contributed by atoms with Crippen LogP contribution in [0.15, 0.2) is 6.20 Å². The Balaban J connectivity index is 0.000000437. The molecule has 0 fully saturated rings. The summed E-state index contributed by atoms with van der Waals surface area (Å²) in [7, 11) is -4.94. The van der Waals surface area contributed by atoms with Gasteiger partial charge in [0.2, 0.25) is 0 Å². The highest BCUT2D eigenvalue weighted by atomic mass is 35.7. The van der Waals surface area contributed by atoms with Gasteiger partial charge in [-0.25, -0.2) is 18.6 Å². The van der Waals surface area contributed by atoms with Gasteiger partial charge in [-0.3, -0.25) is 10.1 Å². The van der Waals surface area contributed by atoms with Gasteiger partial charge in [-0.05, 0) is 0 Å². The van der Waals surface area contributed by atoms with Crippen LogP contribution in [0.3, 0.4) is 0 Å². The summed E-state index contributed by atoms with van der Waals surface area (Å²) in [5, 5.41) is 19.0. The van der Waals surface area contributed by atoms with E-state index in [0.717, 1.165) is 0 Å². The second kappa shape index (κ2) is 6.44. The van der Waals surface area contributed by atoms with E-state index in [-0.39, 0.29) is 19.0 Å². The van der Waals surface area contributed by atoms with Gasteiger partial charge in [-0.15, -0.1) is 14.8 Å². The number of nitrogens with zero attached hydrogens (tertiary/aromatic N) is 2. The molecular formula is C6H10ClN3O7. The standard InChI is InChI=1S/C6H9N3O3.ClHO4/c1-5-7-4-6(9(11)12)8(5)2-3-10;2-1(3,4)5/h4,10H,2-3H2,1H3;(H,2,3,4,5). The van der Waals surface area contributed by atoms with Gasteiger partial charge in [0.05, 0.1) is 0 Å². The van der Waals surface area contributed by atoms with Crippen LogP contribution in [0.5, 0.6) is 0 Å². The van der Waals surface area contributed by atoms with Crippen molar-refractivity contribution >= 4 is 5.82 Å². The number of hydrogen-bond donors (Lipinski definition) is 2. The predicted octanol–water partition coefficient (Wildman–Crippen LogP) is -5.24. The SMILES string of the molecule is Cc1[nH]cc([N+](=O)[O-])[n+]1CCO.[O-][Cl+3]([O-])([O-])[O-]. The van der Waals surface area contributed by atoms with Crippen molar-refractivity contribution in [3.63, 3.8) is 0 Å². The number of imidazole rings is 1. The largest absolute Gasteiger partial charge is 0.519 e. The van der Waals surface area contributed by atoms with Crippen molar-refractivity contribution in [2.45, 2.75) is 13.5 Å². The quantitative estimate of drug-likeness (QED) is 0.313. The molecule has 1 rings (SSSR count). The zero-order chi connectivity index (χ0) is 13.6. The van der Waals surface area contributed by atoms with E-state index < -0.39 is 15.2 Å². The van der Waals surface area contributed by atoms with Crippen molar-refractivity contribution in [2.24, 2.45) is 0 Å². The number of H-pyrrole nitrogens is 1. The molecule has 11 heteroatoms. The lowest BCUT2D eigenvalue weighted by atomic mass is 10.6. The fourth-order valence-corrected chi connectivity index (χ4v) is 1.03. The van der Waals surface area contributed by atoms with Crippen LogP contribution >= 0.6 is 0 Å². The molecule has 0 aliphatic heterocycles. The van der Waals surface area contributed by atoms with Gasteiger partial charge in [0.25, 0.3) is 5.82 Å². The van der Waals surface area contributed by atoms with Crippen molar-refractivity contribution in [1.29, 1.82) is 0 Å². The molecule has 0 aliphatic rings. The van der Waals surface area contributed by atoms with E-state index in [2.05, 4.69) is 4.98 Å². The molecule has 98 valence electrons. The molecule has 0 atom stereocenters. The first-order chi connectivity index (χ1) is 7.66. The molecule has 17 heavy (non-hydrogen) atoms. The van der Waals surface area contributed by atoms with Gasteiger partial charge >= 0.3 is 5.82 Å². The lowest BCUT2D eigenvalue weighted by Crippen LogP contribution is -2.68. The number of hydrogen-bond acceptors (Lipinski definition) is 7. The minimum Gasteiger partial charge on any atom is -0.390 e. The molecule has 0 radical (unpaired) electrons. The topological polar surface area (TPSA) is 175 Å². The van der Waals surface area contributed by atoms with Crippen molar-refractivity contribution in [2.75, 3.05) is 6.61 Å². The molecule has 0 unspecified atom stereocenters. The Bertz CT molecular complexity index is 368. The van der Waals surface area contributed by atoms with E-state index in [0.29, 0.717) is 5.82 Å². The van der Waals surface area contributed by atoms with Crippen molar-refractivity contribution in [3.8, 4) is 0 Å². The third-order valence-corrected chi connectivity index (χ3v) is 1.60. The predicted molar refractivity (Wildman–Crippen MR) is 39.5 cm³/mol. The summed E-state index contributed by atoms with van der Waals surface area (Å²) in [4.78, 5) is 12.6. The smallest absolute Gasteiger partial charge is 0.390 e. The van der Waals surface area contributed by atoms with Crippen LogP contribution in [-0.4, -0.2) is 21.6 Å². The summed E-state index contributed by atoms with van der Waals surface area (Å²) in [6.07, 6.45) is 1.31. The van der Waals surface area contributed by atoms with Gasteiger partial charge in [0.15, 0.2) is 12.7 Å². The van der Waals surface area contributed by atoms with E-state index in [1.54, 1.807) is 6.92 Å². The van der Waals surface area contributed by atoms with E-state index in [1.165, 1.54) is 10.8 Å². The molecule has 2 N–H and O–H groups in total. The van der Waals surface area contributed by atoms with Crippen LogP contribution in [0.25, 0.3) is 0 Å². The minimum absolute atomic E-state index is 0.0263. The second-order valence-electron chi connectivity index (χ2n) is 2.74. The van der Waals surface area contributed by atoms with Crippen molar-refractivity contribution in [1.82, 2.24) is 4.98 Å².